The molecule has 1 saturated heterocycles. The molecule has 1 aromatic carbocycles. The number of nitrogens with zero attached hydrogens (tertiary/aromatic N) is 3. The molecule has 0 radical (unpaired) electrons. The molecular formula is C20H22ClN3O2S. The van der Waals surface area contributed by atoms with Gasteiger partial charge in [0.2, 0.25) is 0 Å². The number of fused-ring (bicyclic) bond motifs is 1. The van der Waals surface area contributed by atoms with E-state index in [0.29, 0.717) is 22.6 Å². The van der Waals surface area contributed by atoms with Crippen molar-refractivity contribution in [2.75, 3.05) is 20.0 Å². The third-order valence-corrected chi connectivity index (χ3v) is 6.53. The minimum atomic E-state index is -0.0720. The molecule has 0 spiro atoms. The maximum Gasteiger partial charge on any atom is 0.179 e. The summed E-state index contributed by atoms with van der Waals surface area (Å²) in [6, 6.07) is 10.4. The lowest BCUT2D eigenvalue weighted by Crippen LogP contribution is -2.35. The van der Waals surface area contributed by atoms with E-state index in [1.807, 2.05) is 48.3 Å². The number of amidine groups is 1. The zero-order chi connectivity index (χ0) is 19.0. The second-order valence-electron chi connectivity index (χ2n) is 6.57. The van der Waals surface area contributed by atoms with E-state index in [4.69, 9.17) is 26.1 Å². The monoisotopic (exact) mass is 403 g/mol. The summed E-state index contributed by atoms with van der Waals surface area (Å²) in [5.41, 5.74) is 2.03. The van der Waals surface area contributed by atoms with Crippen LogP contribution >= 0.6 is 23.4 Å². The van der Waals surface area contributed by atoms with Gasteiger partial charge in [-0.1, -0.05) is 36.4 Å². The first-order valence-electron chi connectivity index (χ1n) is 8.99. The van der Waals surface area contributed by atoms with Gasteiger partial charge in [0.1, 0.15) is 6.04 Å². The van der Waals surface area contributed by atoms with E-state index >= 15 is 0 Å². The Balaban J connectivity index is 1.83. The fraction of sp³-hybridized carbons (Fsp3) is 0.400. The highest BCUT2D eigenvalue weighted by Crippen LogP contribution is 2.50. The van der Waals surface area contributed by atoms with Gasteiger partial charge in [0.25, 0.3) is 0 Å². The zero-order valence-corrected chi connectivity index (χ0v) is 17.1. The first-order chi connectivity index (χ1) is 13.2. The summed E-state index contributed by atoms with van der Waals surface area (Å²) in [5, 5.41) is 1.63. The van der Waals surface area contributed by atoms with E-state index in [1.165, 1.54) is 0 Å². The molecule has 27 heavy (non-hydrogen) atoms. The van der Waals surface area contributed by atoms with Crippen molar-refractivity contribution in [1.29, 1.82) is 0 Å². The molecule has 1 fully saturated rings. The average molecular weight is 404 g/mol. The molecule has 0 saturated carbocycles. The maximum atomic E-state index is 6.52. The number of ether oxygens (including phenoxy) is 2. The van der Waals surface area contributed by atoms with Crippen LogP contribution in [0.3, 0.4) is 0 Å². The van der Waals surface area contributed by atoms with Gasteiger partial charge in [0, 0.05) is 18.0 Å². The predicted molar refractivity (Wildman–Crippen MR) is 110 cm³/mol. The summed E-state index contributed by atoms with van der Waals surface area (Å²) < 4.78 is 10.9. The zero-order valence-electron chi connectivity index (χ0n) is 15.6. The van der Waals surface area contributed by atoms with Gasteiger partial charge in [-0.25, -0.2) is 0 Å². The number of benzene rings is 1. The Labute approximate surface area is 168 Å². The fourth-order valence-corrected chi connectivity index (χ4v) is 5.45. The van der Waals surface area contributed by atoms with E-state index in [1.54, 1.807) is 14.2 Å². The summed E-state index contributed by atoms with van der Waals surface area (Å²) in [4.78, 5) is 12.0. The minimum absolute atomic E-state index is 0.0344. The third kappa shape index (κ3) is 3.15. The molecule has 2 aromatic rings. The Morgan fingerprint density at radius 3 is 2.78 bits per heavy atom. The number of hydrogen-bond acceptors (Lipinski definition) is 6. The van der Waals surface area contributed by atoms with E-state index in [2.05, 4.69) is 16.8 Å². The molecule has 7 heteroatoms. The van der Waals surface area contributed by atoms with Gasteiger partial charge < -0.3 is 14.4 Å². The summed E-state index contributed by atoms with van der Waals surface area (Å²) in [5.74, 6) is 2.24. The Morgan fingerprint density at radius 2 is 2.11 bits per heavy atom. The maximum absolute atomic E-state index is 6.52. The molecular weight excluding hydrogens is 382 g/mol. The topological polar surface area (TPSA) is 47.0 Å². The van der Waals surface area contributed by atoms with Gasteiger partial charge in [-0.05, 0) is 36.2 Å². The SMILES string of the molecule is CC[C@@H]1CSC2=N[C@H](c3ccccn3)[C@H](c3cc(Cl)c(OC)c(OC)c3)N21. The van der Waals surface area contributed by atoms with Crippen LogP contribution in [0.2, 0.25) is 5.02 Å². The van der Waals surface area contributed by atoms with Crippen LogP contribution in [0.1, 0.15) is 36.7 Å². The van der Waals surface area contributed by atoms with Gasteiger partial charge >= 0.3 is 0 Å². The molecule has 0 amide bonds. The Hall–Kier alpha value is -1.92. The lowest BCUT2D eigenvalue weighted by Gasteiger charge is -2.32. The molecule has 3 atom stereocenters. The molecule has 3 heterocycles. The van der Waals surface area contributed by atoms with Crippen molar-refractivity contribution >= 4 is 28.5 Å². The second kappa shape index (κ2) is 7.60. The molecule has 5 nitrogen and oxygen atoms in total. The van der Waals surface area contributed by atoms with Crippen LogP contribution in [0.15, 0.2) is 41.5 Å². The smallest absolute Gasteiger partial charge is 0.179 e. The number of methoxy groups -OCH3 is 2. The van der Waals surface area contributed by atoms with Gasteiger partial charge in [-0.2, -0.15) is 0 Å². The first kappa shape index (κ1) is 18.4. The van der Waals surface area contributed by atoms with Crippen molar-refractivity contribution in [3.05, 3.63) is 52.8 Å². The van der Waals surface area contributed by atoms with Crippen LogP contribution in [0.25, 0.3) is 0 Å². The fourth-order valence-electron chi connectivity index (χ4n) is 3.82. The Bertz CT molecular complexity index is 862. The lowest BCUT2D eigenvalue weighted by molar-refractivity contribution is 0.254. The highest BCUT2D eigenvalue weighted by molar-refractivity contribution is 8.14. The minimum Gasteiger partial charge on any atom is -0.493 e. The number of aromatic nitrogens is 1. The summed E-state index contributed by atoms with van der Waals surface area (Å²) in [7, 11) is 3.23. The largest absolute Gasteiger partial charge is 0.493 e. The normalized spacial score (nSPS) is 23.9. The number of hydrogen-bond donors (Lipinski definition) is 0. The summed E-state index contributed by atoms with van der Waals surface area (Å²) in [6.45, 7) is 2.22. The molecule has 142 valence electrons. The van der Waals surface area contributed by atoms with Gasteiger partial charge in [-0.15, -0.1) is 0 Å². The number of pyridine rings is 1. The van der Waals surface area contributed by atoms with Gasteiger partial charge in [-0.3, -0.25) is 9.98 Å². The molecule has 1 aromatic heterocycles. The molecule has 0 bridgehead atoms. The van der Waals surface area contributed by atoms with E-state index in [-0.39, 0.29) is 12.1 Å². The van der Waals surface area contributed by atoms with E-state index < -0.39 is 0 Å². The van der Waals surface area contributed by atoms with Crippen LogP contribution in [0.5, 0.6) is 11.5 Å². The molecule has 0 unspecified atom stereocenters. The third-order valence-electron chi connectivity index (χ3n) is 5.13. The van der Waals surface area contributed by atoms with Crippen molar-refractivity contribution in [3.8, 4) is 11.5 Å². The van der Waals surface area contributed by atoms with Crippen molar-refractivity contribution in [1.82, 2.24) is 9.88 Å². The Morgan fingerprint density at radius 1 is 1.26 bits per heavy atom. The number of thioether (sulfide) groups is 1. The molecule has 4 rings (SSSR count). The lowest BCUT2D eigenvalue weighted by atomic mass is 9.95. The van der Waals surface area contributed by atoms with Gasteiger partial charge in [0.05, 0.1) is 31.0 Å². The van der Waals surface area contributed by atoms with Crippen LogP contribution in [0.4, 0.5) is 0 Å². The van der Waals surface area contributed by atoms with Crippen molar-refractivity contribution < 1.29 is 9.47 Å². The van der Waals surface area contributed by atoms with Crippen molar-refractivity contribution in [2.45, 2.75) is 31.5 Å². The Kier molecular flexibility index (Phi) is 5.19. The van der Waals surface area contributed by atoms with Crippen LogP contribution in [-0.2, 0) is 0 Å². The van der Waals surface area contributed by atoms with Gasteiger partial charge in [0.15, 0.2) is 16.7 Å². The van der Waals surface area contributed by atoms with Crippen LogP contribution in [-0.4, -0.2) is 41.1 Å². The molecule has 0 aliphatic carbocycles. The van der Waals surface area contributed by atoms with Crippen LogP contribution in [0, 0.1) is 0 Å². The first-order valence-corrected chi connectivity index (χ1v) is 10.4. The average Bonchev–Trinajstić information content (AvgIpc) is 3.26. The number of aliphatic imine (C=N–C) groups is 1. The van der Waals surface area contributed by atoms with Crippen molar-refractivity contribution in [3.63, 3.8) is 0 Å². The molecule has 2 aliphatic rings. The summed E-state index contributed by atoms with van der Waals surface area (Å²) >= 11 is 8.34. The standard InChI is InChI=1S/C20H22ClN3O2S/c1-4-13-11-27-20-23-17(15-7-5-6-8-22-15)18(24(13)20)12-9-14(21)19(26-3)16(10-12)25-2/h5-10,13,17-18H,4,11H2,1-3H3/t13-,17-,18+/m1/s1. The summed E-state index contributed by atoms with van der Waals surface area (Å²) in [6.07, 6.45) is 2.89. The number of halogens is 1. The quantitative estimate of drug-likeness (QED) is 0.722. The van der Waals surface area contributed by atoms with Crippen molar-refractivity contribution in [2.24, 2.45) is 4.99 Å². The van der Waals surface area contributed by atoms with E-state index in [0.717, 1.165) is 28.6 Å². The molecule has 2 aliphatic heterocycles. The second-order valence-corrected chi connectivity index (χ2v) is 7.97. The number of rotatable bonds is 5. The van der Waals surface area contributed by atoms with E-state index in [9.17, 15) is 0 Å². The van der Waals surface area contributed by atoms with Crippen LogP contribution < -0.4 is 9.47 Å². The molecule has 0 N–H and O–H groups in total. The predicted octanol–water partition coefficient (Wildman–Crippen LogP) is 4.73. The highest BCUT2D eigenvalue weighted by atomic mass is 35.5. The highest BCUT2D eigenvalue weighted by Gasteiger charge is 2.45.